The lowest BCUT2D eigenvalue weighted by atomic mass is 10.2. The minimum absolute atomic E-state index is 0.249. The van der Waals surface area contributed by atoms with E-state index in [0.29, 0.717) is 36.2 Å². The molecule has 4 rings (SSSR count). The molecular weight excluding hydrogens is 342 g/mol. The standard InChI is InChI=1S/C18H14F2N4O2/c19-13-3-1-11(9-14(13)20)23-18-21-6-5-17(24-18)22-12-2-4-15-16(10-12)26-8-7-25-15/h1-6,9-10H,7-8H2,(H2,21,22,23,24). The molecule has 2 heterocycles. The summed E-state index contributed by atoms with van der Waals surface area (Å²) in [6, 6.07) is 10.7. The van der Waals surface area contributed by atoms with E-state index in [1.807, 2.05) is 18.2 Å². The Kier molecular flexibility index (Phi) is 4.22. The molecule has 0 aliphatic carbocycles. The smallest absolute Gasteiger partial charge is 0.229 e. The molecule has 1 aromatic heterocycles. The first-order valence-corrected chi connectivity index (χ1v) is 7.89. The highest BCUT2D eigenvalue weighted by Gasteiger charge is 2.12. The van der Waals surface area contributed by atoms with Crippen LogP contribution < -0.4 is 20.1 Å². The molecule has 132 valence electrons. The molecule has 0 spiro atoms. The summed E-state index contributed by atoms with van der Waals surface area (Å²) in [5.41, 5.74) is 1.12. The molecule has 0 bridgehead atoms. The molecule has 0 saturated heterocycles. The third kappa shape index (κ3) is 3.49. The van der Waals surface area contributed by atoms with Gasteiger partial charge >= 0.3 is 0 Å². The van der Waals surface area contributed by atoms with Crippen molar-refractivity contribution in [1.29, 1.82) is 0 Å². The summed E-state index contributed by atoms with van der Waals surface area (Å²) in [7, 11) is 0. The Hall–Kier alpha value is -3.42. The first kappa shape index (κ1) is 16.1. The van der Waals surface area contributed by atoms with Crippen LogP contribution in [0.5, 0.6) is 11.5 Å². The summed E-state index contributed by atoms with van der Waals surface area (Å²) in [4.78, 5) is 8.38. The van der Waals surface area contributed by atoms with Crippen molar-refractivity contribution in [3.8, 4) is 11.5 Å². The van der Waals surface area contributed by atoms with Crippen LogP contribution in [0.4, 0.5) is 31.9 Å². The molecule has 0 unspecified atom stereocenters. The maximum atomic E-state index is 13.3. The predicted octanol–water partition coefficient (Wildman–Crippen LogP) is 4.01. The normalized spacial score (nSPS) is 12.5. The van der Waals surface area contributed by atoms with E-state index in [0.717, 1.165) is 17.8 Å². The fourth-order valence-corrected chi connectivity index (χ4v) is 2.46. The minimum Gasteiger partial charge on any atom is -0.486 e. The van der Waals surface area contributed by atoms with E-state index >= 15 is 0 Å². The zero-order valence-electron chi connectivity index (χ0n) is 13.5. The number of rotatable bonds is 4. The Morgan fingerprint density at radius 3 is 2.42 bits per heavy atom. The number of nitrogens with zero attached hydrogens (tertiary/aromatic N) is 2. The van der Waals surface area contributed by atoms with E-state index in [2.05, 4.69) is 20.6 Å². The van der Waals surface area contributed by atoms with Crippen molar-refractivity contribution in [1.82, 2.24) is 9.97 Å². The molecule has 2 aromatic carbocycles. The number of benzene rings is 2. The van der Waals surface area contributed by atoms with Gasteiger partial charge in [0.2, 0.25) is 5.95 Å². The van der Waals surface area contributed by atoms with Gasteiger partial charge in [0.15, 0.2) is 23.1 Å². The molecule has 1 aliphatic heterocycles. The monoisotopic (exact) mass is 356 g/mol. The van der Waals surface area contributed by atoms with Gasteiger partial charge < -0.3 is 20.1 Å². The zero-order valence-corrected chi connectivity index (χ0v) is 13.5. The summed E-state index contributed by atoms with van der Waals surface area (Å²) >= 11 is 0. The van der Waals surface area contributed by atoms with Crippen LogP contribution in [-0.2, 0) is 0 Å². The molecular formula is C18H14F2N4O2. The van der Waals surface area contributed by atoms with Crippen molar-refractivity contribution in [2.24, 2.45) is 0 Å². The number of hydrogen-bond acceptors (Lipinski definition) is 6. The molecule has 3 aromatic rings. The maximum Gasteiger partial charge on any atom is 0.229 e. The maximum absolute atomic E-state index is 13.3. The number of halogens is 2. The molecule has 0 atom stereocenters. The Morgan fingerprint density at radius 1 is 0.808 bits per heavy atom. The van der Waals surface area contributed by atoms with Crippen LogP contribution in [0.3, 0.4) is 0 Å². The average Bonchev–Trinajstić information content (AvgIpc) is 2.65. The number of nitrogens with one attached hydrogen (secondary N) is 2. The van der Waals surface area contributed by atoms with Gasteiger partial charge in [-0.2, -0.15) is 4.98 Å². The summed E-state index contributed by atoms with van der Waals surface area (Å²) < 4.78 is 37.3. The third-order valence-electron chi connectivity index (χ3n) is 3.65. The van der Waals surface area contributed by atoms with Crippen LogP contribution in [0.15, 0.2) is 48.7 Å². The molecule has 6 nitrogen and oxygen atoms in total. The highest BCUT2D eigenvalue weighted by atomic mass is 19.2. The minimum atomic E-state index is -0.944. The van der Waals surface area contributed by atoms with Crippen molar-refractivity contribution in [2.75, 3.05) is 23.8 Å². The fourth-order valence-electron chi connectivity index (χ4n) is 2.46. The van der Waals surface area contributed by atoms with Crippen LogP contribution in [0.2, 0.25) is 0 Å². The molecule has 8 heteroatoms. The molecule has 0 amide bonds. The van der Waals surface area contributed by atoms with Crippen molar-refractivity contribution < 1.29 is 18.3 Å². The van der Waals surface area contributed by atoms with Crippen LogP contribution in [0.1, 0.15) is 0 Å². The Bertz CT molecular complexity index is 952. The highest BCUT2D eigenvalue weighted by molar-refractivity contribution is 5.63. The Morgan fingerprint density at radius 2 is 1.58 bits per heavy atom. The van der Waals surface area contributed by atoms with Crippen LogP contribution in [-0.4, -0.2) is 23.2 Å². The largest absolute Gasteiger partial charge is 0.486 e. The lowest BCUT2D eigenvalue weighted by molar-refractivity contribution is 0.171. The second-order valence-electron chi connectivity index (χ2n) is 5.50. The highest BCUT2D eigenvalue weighted by Crippen LogP contribution is 2.33. The van der Waals surface area contributed by atoms with Crippen molar-refractivity contribution >= 4 is 23.1 Å². The lowest BCUT2D eigenvalue weighted by Crippen LogP contribution is -2.15. The Labute approximate surface area is 147 Å². The summed E-state index contributed by atoms with van der Waals surface area (Å²) in [5, 5.41) is 5.97. The van der Waals surface area contributed by atoms with Gasteiger partial charge in [-0.25, -0.2) is 13.8 Å². The number of ether oxygens (including phenoxy) is 2. The molecule has 1 aliphatic rings. The summed E-state index contributed by atoms with van der Waals surface area (Å²) in [5.74, 6) is 0.284. The zero-order chi connectivity index (χ0) is 17.9. The fraction of sp³-hybridized carbons (Fsp3) is 0.111. The predicted molar refractivity (Wildman–Crippen MR) is 92.4 cm³/mol. The van der Waals surface area contributed by atoms with Crippen molar-refractivity contribution in [2.45, 2.75) is 0 Å². The van der Waals surface area contributed by atoms with Gasteiger partial charge in [0, 0.05) is 29.7 Å². The van der Waals surface area contributed by atoms with E-state index in [1.165, 1.54) is 6.07 Å². The number of hydrogen-bond donors (Lipinski definition) is 2. The van der Waals surface area contributed by atoms with Gasteiger partial charge in [-0.15, -0.1) is 0 Å². The number of fused-ring (bicyclic) bond motifs is 1. The second kappa shape index (κ2) is 6.83. The van der Waals surface area contributed by atoms with E-state index in [9.17, 15) is 8.78 Å². The van der Waals surface area contributed by atoms with Gasteiger partial charge in [-0.3, -0.25) is 0 Å². The van der Waals surface area contributed by atoms with Crippen LogP contribution in [0.25, 0.3) is 0 Å². The van der Waals surface area contributed by atoms with Gasteiger partial charge in [0.25, 0.3) is 0 Å². The first-order chi connectivity index (χ1) is 12.7. The summed E-state index contributed by atoms with van der Waals surface area (Å²) in [6.45, 7) is 1.04. The number of aromatic nitrogens is 2. The molecule has 0 fully saturated rings. The second-order valence-corrected chi connectivity index (χ2v) is 5.50. The Balaban J connectivity index is 1.51. The lowest BCUT2D eigenvalue weighted by Gasteiger charge is -2.19. The average molecular weight is 356 g/mol. The van der Waals surface area contributed by atoms with Gasteiger partial charge in [-0.05, 0) is 30.3 Å². The number of anilines is 4. The molecule has 0 saturated carbocycles. The van der Waals surface area contributed by atoms with Gasteiger partial charge in [0.1, 0.15) is 19.0 Å². The van der Waals surface area contributed by atoms with Crippen LogP contribution >= 0.6 is 0 Å². The van der Waals surface area contributed by atoms with Crippen LogP contribution in [0, 0.1) is 11.6 Å². The van der Waals surface area contributed by atoms with E-state index in [-0.39, 0.29) is 5.95 Å². The molecule has 2 N–H and O–H groups in total. The third-order valence-corrected chi connectivity index (χ3v) is 3.65. The molecule has 26 heavy (non-hydrogen) atoms. The van der Waals surface area contributed by atoms with E-state index in [4.69, 9.17) is 9.47 Å². The van der Waals surface area contributed by atoms with Gasteiger partial charge in [0.05, 0.1) is 0 Å². The van der Waals surface area contributed by atoms with Crippen molar-refractivity contribution in [3.05, 3.63) is 60.3 Å². The van der Waals surface area contributed by atoms with E-state index in [1.54, 1.807) is 12.3 Å². The van der Waals surface area contributed by atoms with Gasteiger partial charge in [-0.1, -0.05) is 0 Å². The first-order valence-electron chi connectivity index (χ1n) is 7.89. The molecule has 0 radical (unpaired) electrons. The quantitative estimate of drug-likeness (QED) is 0.736. The summed E-state index contributed by atoms with van der Waals surface area (Å²) in [6.07, 6.45) is 1.55. The van der Waals surface area contributed by atoms with E-state index < -0.39 is 11.6 Å². The topological polar surface area (TPSA) is 68.3 Å². The van der Waals surface area contributed by atoms with Crippen molar-refractivity contribution in [3.63, 3.8) is 0 Å². The SMILES string of the molecule is Fc1ccc(Nc2nccc(Nc3ccc4c(c3)OCCO4)n2)cc1F.